The van der Waals surface area contributed by atoms with E-state index in [9.17, 15) is 9.59 Å². The summed E-state index contributed by atoms with van der Waals surface area (Å²) in [6, 6.07) is 12.9. The summed E-state index contributed by atoms with van der Waals surface area (Å²) in [5.74, 6) is 0.766. The average molecular weight is 431 g/mol. The maximum atomic E-state index is 13.1. The third-order valence-corrected chi connectivity index (χ3v) is 5.98. The van der Waals surface area contributed by atoms with E-state index in [0.29, 0.717) is 35.1 Å². The fourth-order valence-corrected chi connectivity index (χ4v) is 4.38. The van der Waals surface area contributed by atoms with Gasteiger partial charge in [0.2, 0.25) is 5.91 Å². The van der Waals surface area contributed by atoms with Gasteiger partial charge in [-0.05, 0) is 25.5 Å². The van der Waals surface area contributed by atoms with Crippen LogP contribution in [0.3, 0.4) is 0 Å². The number of hydrogen-bond donors (Lipinski definition) is 1. The normalized spacial score (nSPS) is 18.9. The van der Waals surface area contributed by atoms with E-state index in [4.69, 9.17) is 21.1 Å². The van der Waals surface area contributed by atoms with Crippen LogP contribution in [-0.2, 0) is 15.1 Å². The van der Waals surface area contributed by atoms with Crippen molar-refractivity contribution in [2.75, 3.05) is 33.1 Å². The first-order valence-electron chi connectivity index (χ1n) is 9.94. The Bertz CT molecular complexity index is 919. The van der Waals surface area contributed by atoms with Crippen LogP contribution < -0.4 is 14.8 Å². The third-order valence-electron chi connectivity index (χ3n) is 5.69. The fourth-order valence-electron chi connectivity index (χ4n) is 4.15. The van der Waals surface area contributed by atoms with Gasteiger partial charge in [-0.1, -0.05) is 48.4 Å². The first kappa shape index (κ1) is 22.1. The number of likely N-dealkylation sites (N-methyl/N-ethyl adjacent to an activating group) is 1. The maximum absolute atomic E-state index is 13.1. The number of carbonyl (C=O) groups is 2. The van der Waals surface area contributed by atoms with Crippen molar-refractivity contribution in [3.8, 4) is 11.5 Å². The first-order valence-corrected chi connectivity index (χ1v) is 10.3. The summed E-state index contributed by atoms with van der Waals surface area (Å²) in [6.07, 6.45) is 3.03. The number of anilines is 1. The highest BCUT2D eigenvalue weighted by Gasteiger charge is 2.45. The van der Waals surface area contributed by atoms with Crippen molar-refractivity contribution in [2.45, 2.75) is 31.2 Å². The van der Waals surface area contributed by atoms with Gasteiger partial charge in [-0.25, -0.2) is 0 Å². The Kier molecular flexibility index (Phi) is 7.00. The summed E-state index contributed by atoms with van der Waals surface area (Å²) in [4.78, 5) is 27.9. The molecule has 0 heterocycles. The lowest BCUT2D eigenvalue weighted by Gasteiger charge is -2.43. The first-order chi connectivity index (χ1) is 14.4. The van der Waals surface area contributed by atoms with Crippen LogP contribution >= 0.6 is 11.6 Å². The Morgan fingerprint density at radius 3 is 2.47 bits per heavy atom. The summed E-state index contributed by atoms with van der Waals surface area (Å²) < 4.78 is 10.6. The molecule has 0 radical (unpaired) electrons. The Labute approximate surface area is 182 Å². The number of amides is 1. The maximum Gasteiger partial charge on any atom is 0.238 e. The van der Waals surface area contributed by atoms with E-state index < -0.39 is 5.54 Å². The number of rotatable bonds is 7. The van der Waals surface area contributed by atoms with E-state index in [1.54, 1.807) is 12.1 Å². The van der Waals surface area contributed by atoms with Crippen molar-refractivity contribution >= 4 is 29.0 Å². The molecule has 0 spiro atoms. The van der Waals surface area contributed by atoms with Crippen LogP contribution in [-0.4, -0.2) is 44.4 Å². The van der Waals surface area contributed by atoms with Crippen LogP contribution in [0.4, 0.5) is 5.69 Å². The molecule has 1 atom stereocenters. The summed E-state index contributed by atoms with van der Waals surface area (Å²) in [6.45, 7) is 0.0503. The molecule has 1 N–H and O–H groups in total. The van der Waals surface area contributed by atoms with E-state index in [1.807, 2.05) is 42.3 Å². The predicted octanol–water partition coefficient (Wildman–Crippen LogP) is 4.27. The second-order valence-electron chi connectivity index (χ2n) is 7.45. The molecule has 0 aliphatic heterocycles. The van der Waals surface area contributed by atoms with Gasteiger partial charge in [-0.3, -0.25) is 14.5 Å². The van der Waals surface area contributed by atoms with E-state index in [0.717, 1.165) is 18.4 Å². The van der Waals surface area contributed by atoms with Crippen LogP contribution in [0.5, 0.6) is 11.5 Å². The van der Waals surface area contributed by atoms with Crippen LogP contribution in [0.25, 0.3) is 0 Å². The van der Waals surface area contributed by atoms with Crippen molar-refractivity contribution in [3.05, 3.63) is 53.1 Å². The van der Waals surface area contributed by atoms with Crippen molar-refractivity contribution < 1.29 is 19.1 Å². The van der Waals surface area contributed by atoms with E-state index in [-0.39, 0.29) is 18.2 Å². The summed E-state index contributed by atoms with van der Waals surface area (Å²) in [7, 11) is 4.84. The molecular weight excluding hydrogens is 404 g/mol. The number of hydrogen-bond acceptors (Lipinski definition) is 5. The monoisotopic (exact) mass is 430 g/mol. The molecule has 0 bridgehead atoms. The molecule has 1 amide bonds. The molecule has 2 aromatic rings. The Morgan fingerprint density at radius 1 is 1.13 bits per heavy atom. The fraction of sp³-hybridized carbons (Fsp3) is 0.391. The summed E-state index contributed by atoms with van der Waals surface area (Å²) in [5.41, 5.74) is 0.593. The van der Waals surface area contributed by atoms with E-state index in [2.05, 4.69) is 5.32 Å². The van der Waals surface area contributed by atoms with Crippen LogP contribution in [0.15, 0.2) is 42.5 Å². The van der Waals surface area contributed by atoms with Crippen LogP contribution in [0.1, 0.15) is 31.2 Å². The SMILES string of the molecule is COc1cc(NC(=O)CN(C)[C@@]2(c3ccccc3)CCCCC2=O)c(OC)cc1Cl. The smallest absolute Gasteiger partial charge is 0.238 e. The zero-order valence-electron chi connectivity index (χ0n) is 17.5. The van der Waals surface area contributed by atoms with Crippen LogP contribution in [0.2, 0.25) is 5.02 Å². The van der Waals surface area contributed by atoms with Gasteiger partial charge in [-0.15, -0.1) is 0 Å². The lowest BCUT2D eigenvalue weighted by molar-refractivity contribution is -0.135. The Morgan fingerprint density at radius 2 is 1.83 bits per heavy atom. The third kappa shape index (κ3) is 4.30. The number of Topliss-reactive ketones (excluding diaryl/α,β-unsaturated/α-hetero) is 1. The van der Waals surface area contributed by atoms with Crippen molar-refractivity contribution in [2.24, 2.45) is 0 Å². The molecule has 160 valence electrons. The van der Waals surface area contributed by atoms with Gasteiger partial charge < -0.3 is 14.8 Å². The molecule has 2 aromatic carbocycles. The lowest BCUT2D eigenvalue weighted by Crippen LogP contribution is -2.53. The summed E-state index contributed by atoms with van der Waals surface area (Å²) >= 11 is 6.14. The average Bonchev–Trinajstić information content (AvgIpc) is 2.75. The van der Waals surface area contributed by atoms with Gasteiger partial charge in [0.25, 0.3) is 0 Å². The minimum atomic E-state index is -0.793. The molecule has 1 fully saturated rings. The molecule has 30 heavy (non-hydrogen) atoms. The van der Waals surface area contributed by atoms with E-state index >= 15 is 0 Å². The molecule has 7 heteroatoms. The van der Waals surface area contributed by atoms with Gasteiger partial charge in [-0.2, -0.15) is 0 Å². The van der Waals surface area contributed by atoms with Crippen LogP contribution in [0, 0.1) is 0 Å². The van der Waals surface area contributed by atoms with Gasteiger partial charge in [0.1, 0.15) is 17.0 Å². The molecular formula is C23H27ClN2O4. The highest BCUT2D eigenvalue weighted by Crippen LogP contribution is 2.39. The lowest BCUT2D eigenvalue weighted by atomic mass is 9.74. The van der Waals surface area contributed by atoms with Crippen molar-refractivity contribution in [3.63, 3.8) is 0 Å². The van der Waals surface area contributed by atoms with Gasteiger partial charge in [0, 0.05) is 18.6 Å². The molecule has 6 nitrogen and oxygen atoms in total. The minimum Gasteiger partial charge on any atom is -0.495 e. The summed E-state index contributed by atoms with van der Waals surface area (Å²) in [5, 5.41) is 3.25. The van der Waals surface area contributed by atoms with E-state index in [1.165, 1.54) is 14.2 Å². The molecule has 3 rings (SSSR count). The van der Waals surface area contributed by atoms with Gasteiger partial charge >= 0.3 is 0 Å². The number of nitrogens with zero attached hydrogens (tertiary/aromatic N) is 1. The minimum absolute atomic E-state index is 0.0503. The molecule has 1 saturated carbocycles. The number of benzene rings is 2. The highest BCUT2D eigenvalue weighted by molar-refractivity contribution is 6.32. The second kappa shape index (κ2) is 9.49. The highest BCUT2D eigenvalue weighted by atomic mass is 35.5. The molecule has 1 aliphatic carbocycles. The Balaban J connectivity index is 1.84. The number of ketones is 1. The Hall–Kier alpha value is -2.57. The number of nitrogens with one attached hydrogen (secondary N) is 1. The second-order valence-corrected chi connectivity index (χ2v) is 7.86. The molecule has 0 aromatic heterocycles. The molecule has 0 saturated heterocycles. The largest absolute Gasteiger partial charge is 0.495 e. The predicted molar refractivity (Wildman–Crippen MR) is 117 cm³/mol. The van der Waals surface area contributed by atoms with Gasteiger partial charge in [0.05, 0.1) is 31.5 Å². The van der Waals surface area contributed by atoms with Gasteiger partial charge in [0.15, 0.2) is 5.78 Å². The van der Waals surface area contributed by atoms with Crippen molar-refractivity contribution in [1.82, 2.24) is 4.90 Å². The molecule has 0 unspecified atom stereocenters. The number of ether oxygens (including phenoxy) is 2. The zero-order valence-corrected chi connectivity index (χ0v) is 18.3. The van der Waals surface area contributed by atoms with Crippen molar-refractivity contribution in [1.29, 1.82) is 0 Å². The standard InChI is InChI=1S/C23H27ClN2O4/c1-26(23(12-8-7-11-21(23)27)16-9-5-4-6-10-16)15-22(28)25-18-14-19(29-2)17(24)13-20(18)30-3/h4-6,9-10,13-14H,7-8,11-12,15H2,1-3H3,(H,25,28)/t23-/m1/s1. The number of carbonyl (C=O) groups excluding carboxylic acids is 2. The molecule has 1 aliphatic rings. The zero-order chi connectivity index (χ0) is 21.7. The number of halogens is 1. The topological polar surface area (TPSA) is 67.9 Å². The number of methoxy groups -OCH3 is 2. The quantitative estimate of drug-likeness (QED) is 0.710.